The lowest BCUT2D eigenvalue weighted by atomic mass is 10.2. The van der Waals surface area contributed by atoms with E-state index in [4.69, 9.17) is 10.2 Å². The monoisotopic (exact) mass is 280 g/mol. The van der Waals surface area contributed by atoms with Gasteiger partial charge in [0.1, 0.15) is 5.76 Å². The van der Waals surface area contributed by atoms with Crippen LogP contribution in [0.15, 0.2) is 33.2 Å². The fraction of sp³-hybridized carbons (Fsp3) is 0.250. The van der Waals surface area contributed by atoms with Crippen molar-refractivity contribution in [3.8, 4) is 11.5 Å². The van der Waals surface area contributed by atoms with E-state index in [1.54, 1.807) is 0 Å². The van der Waals surface area contributed by atoms with Gasteiger partial charge in [0.25, 0.3) is 0 Å². The molecule has 0 aliphatic carbocycles. The molecule has 0 aliphatic heterocycles. The molecule has 0 spiro atoms. The van der Waals surface area contributed by atoms with Gasteiger partial charge in [0.05, 0.1) is 11.3 Å². The molecule has 0 bridgehead atoms. The van der Waals surface area contributed by atoms with Crippen LogP contribution in [0.1, 0.15) is 11.5 Å². The first kappa shape index (κ1) is 11.4. The molecule has 0 saturated heterocycles. The molecular weight excluding hydrogens is 268 g/mol. The van der Waals surface area contributed by atoms with Crippen LogP contribution in [0.3, 0.4) is 0 Å². The minimum Gasteiger partial charge on any atom is -0.441 e. The van der Waals surface area contributed by atoms with Crippen LogP contribution >= 0.6 is 15.9 Å². The first-order valence-corrected chi connectivity index (χ1v) is 5.93. The van der Waals surface area contributed by atoms with E-state index in [1.165, 1.54) is 0 Å². The zero-order chi connectivity index (χ0) is 11.5. The van der Waals surface area contributed by atoms with Crippen LogP contribution in [-0.2, 0) is 6.42 Å². The lowest BCUT2D eigenvalue weighted by molar-refractivity contribution is 0.539. The molecule has 0 amide bonds. The molecule has 0 atom stereocenters. The molecule has 2 N–H and O–H groups in total. The Morgan fingerprint density at radius 2 is 2.12 bits per heavy atom. The van der Waals surface area contributed by atoms with Gasteiger partial charge >= 0.3 is 0 Å². The van der Waals surface area contributed by atoms with E-state index >= 15 is 0 Å². The summed E-state index contributed by atoms with van der Waals surface area (Å²) in [6.45, 7) is 2.50. The molecule has 3 nitrogen and oxygen atoms in total. The minimum atomic E-state index is 0.586. The highest BCUT2D eigenvalue weighted by Gasteiger charge is 2.12. The van der Waals surface area contributed by atoms with Gasteiger partial charge < -0.3 is 10.2 Å². The number of benzene rings is 1. The molecule has 1 heterocycles. The summed E-state index contributed by atoms with van der Waals surface area (Å²) in [7, 11) is 0. The van der Waals surface area contributed by atoms with E-state index in [2.05, 4.69) is 20.9 Å². The molecular formula is C12H13BrN2O. The number of halogens is 1. The Morgan fingerprint density at radius 3 is 2.81 bits per heavy atom. The smallest absolute Gasteiger partial charge is 0.227 e. The highest BCUT2D eigenvalue weighted by molar-refractivity contribution is 9.10. The van der Waals surface area contributed by atoms with Crippen LogP contribution in [0, 0.1) is 6.92 Å². The van der Waals surface area contributed by atoms with Gasteiger partial charge in [0.2, 0.25) is 5.89 Å². The van der Waals surface area contributed by atoms with Crippen LogP contribution < -0.4 is 5.73 Å². The van der Waals surface area contributed by atoms with Crippen molar-refractivity contribution in [1.82, 2.24) is 4.98 Å². The Morgan fingerprint density at radius 1 is 1.38 bits per heavy atom. The predicted molar refractivity (Wildman–Crippen MR) is 67.1 cm³/mol. The summed E-state index contributed by atoms with van der Waals surface area (Å²) < 4.78 is 6.62. The van der Waals surface area contributed by atoms with E-state index in [-0.39, 0.29) is 0 Å². The summed E-state index contributed by atoms with van der Waals surface area (Å²) >= 11 is 3.48. The van der Waals surface area contributed by atoms with Gasteiger partial charge in [-0.3, -0.25) is 0 Å². The first-order chi connectivity index (χ1) is 7.72. The number of aryl methyl sites for hydroxylation is 1. The van der Waals surface area contributed by atoms with Gasteiger partial charge in [-0.1, -0.05) is 12.1 Å². The van der Waals surface area contributed by atoms with Gasteiger partial charge in [0.15, 0.2) is 0 Å². The van der Waals surface area contributed by atoms with E-state index in [0.717, 1.165) is 27.9 Å². The lowest BCUT2D eigenvalue weighted by Crippen LogP contribution is -2.03. The third kappa shape index (κ3) is 2.18. The SMILES string of the molecule is Cc1oc(-c2ccccc2Br)nc1CCN. The van der Waals surface area contributed by atoms with Crippen LogP contribution in [-0.4, -0.2) is 11.5 Å². The van der Waals surface area contributed by atoms with Crippen molar-refractivity contribution in [3.63, 3.8) is 0 Å². The van der Waals surface area contributed by atoms with Gasteiger partial charge in [0, 0.05) is 10.9 Å². The van der Waals surface area contributed by atoms with Gasteiger partial charge in [-0.25, -0.2) is 4.98 Å². The quantitative estimate of drug-likeness (QED) is 0.941. The summed E-state index contributed by atoms with van der Waals surface area (Å²) in [5.41, 5.74) is 7.42. The molecule has 16 heavy (non-hydrogen) atoms. The maximum absolute atomic E-state index is 5.64. The standard InChI is InChI=1S/C12H13BrN2O/c1-8-11(6-7-14)15-12(16-8)9-4-2-3-5-10(9)13/h2-5H,6-7,14H2,1H3. The van der Waals surface area contributed by atoms with E-state index in [1.807, 2.05) is 31.2 Å². The maximum atomic E-state index is 5.64. The number of hydrogen-bond acceptors (Lipinski definition) is 3. The zero-order valence-electron chi connectivity index (χ0n) is 9.03. The Balaban J connectivity index is 2.42. The van der Waals surface area contributed by atoms with Crippen LogP contribution in [0.5, 0.6) is 0 Å². The van der Waals surface area contributed by atoms with Gasteiger partial charge in [-0.05, 0) is 41.5 Å². The van der Waals surface area contributed by atoms with Crippen molar-refractivity contribution in [3.05, 3.63) is 40.2 Å². The lowest BCUT2D eigenvalue weighted by Gasteiger charge is -1.97. The molecule has 2 rings (SSSR count). The van der Waals surface area contributed by atoms with Crippen molar-refractivity contribution in [1.29, 1.82) is 0 Å². The van der Waals surface area contributed by atoms with Crippen LogP contribution in [0.2, 0.25) is 0 Å². The van der Waals surface area contributed by atoms with Gasteiger partial charge in [-0.2, -0.15) is 0 Å². The number of oxazole rings is 1. The second-order valence-electron chi connectivity index (χ2n) is 3.54. The molecule has 0 unspecified atom stereocenters. The Labute approximate surface area is 103 Å². The van der Waals surface area contributed by atoms with Crippen LogP contribution in [0.4, 0.5) is 0 Å². The van der Waals surface area contributed by atoms with E-state index < -0.39 is 0 Å². The minimum absolute atomic E-state index is 0.586. The van der Waals surface area contributed by atoms with E-state index in [9.17, 15) is 0 Å². The van der Waals surface area contributed by atoms with Crippen molar-refractivity contribution in [2.24, 2.45) is 5.73 Å². The van der Waals surface area contributed by atoms with Crippen molar-refractivity contribution in [2.45, 2.75) is 13.3 Å². The number of rotatable bonds is 3. The normalized spacial score (nSPS) is 10.7. The summed E-state index contributed by atoms with van der Waals surface area (Å²) in [5.74, 6) is 1.49. The van der Waals surface area contributed by atoms with Gasteiger partial charge in [-0.15, -0.1) is 0 Å². The second kappa shape index (κ2) is 4.80. The third-order valence-corrected chi connectivity index (χ3v) is 3.07. The summed E-state index contributed by atoms with van der Waals surface area (Å²) in [4.78, 5) is 4.45. The van der Waals surface area contributed by atoms with Crippen molar-refractivity contribution in [2.75, 3.05) is 6.54 Å². The highest BCUT2D eigenvalue weighted by Crippen LogP contribution is 2.28. The Hall–Kier alpha value is -1.13. The molecule has 2 aromatic rings. The average molecular weight is 281 g/mol. The average Bonchev–Trinajstić information content (AvgIpc) is 2.61. The third-order valence-electron chi connectivity index (χ3n) is 2.38. The number of nitrogens with two attached hydrogens (primary N) is 1. The van der Waals surface area contributed by atoms with Crippen LogP contribution in [0.25, 0.3) is 11.5 Å². The Bertz CT molecular complexity index is 494. The van der Waals surface area contributed by atoms with E-state index in [0.29, 0.717) is 12.4 Å². The number of hydrogen-bond donors (Lipinski definition) is 1. The molecule has 84 valence electrons. The fourth-order valence-corrected chi connectivity index (χ4v) is 2.00. The highest BCUT2D eigenvalue weighted by atomic mass is 79.9. The molecule has 4 heteroatoms. The Kier molecular flexibility index (Phi) is 3.41. The molecule has 0 aliphatic rings. The fourth-order valence-electron chi connectivity index (χ4n) is 1.55. The predicted octanol–water partition coefficient (Wildman–Crippen LogP) is 2.91. The second-order valence-corrected chi connectivity index (χ2v) is 4.39. The van der Waals surface area contributed by atoms with Crippen molar-refractivity contribution < 1.29 is 4.42 Å². The summed E-state index contributed by atoms with van der Waals surface area (Å²) in [6, 6.07) is 7.87. The van der Waals surface area contributed by atoms with Crippen molar-refractivity contribution >= 4 is 15.9 Å². The first-order valence-electron chi connectivity index (χ1n) is 5.13. The topological polar surface area (TPSA) is 52.0 Å². The molecule has 0 saturated carbocycles. The maximum Gasteiger partial charge on any atom is 0.227 e. The summed E-state index contributed by atoms with van der Waals surface area (Å²) in [5, 5.41) is 0. The molecule has 1 aromatic carbocycles. The summed E-state index contributed by atoms with van der Waals surface area (Å²) in [6.07, 6.45) is 0.750. The largest absolute Gasteiger partial charge is 0.441 e. The molecule has 1 aromatic heterocycles. The zero-order valence-corrected chi connectivity index (χ0v) is 10.6. The number of aromatic nitrogens is 1. The number of nitrogens with zero attached hydrogens (tertiary/aromatic N) is 1. The molecule has 0 radical (unpaired) electrons. The molecule has 0 fully saturated rings.